The smallest absolute Gasteiger partial charge is 0.223 e. The predicted molar refractivity (Wildman–Crippen MR) is 151 cm³/mol. The summed E-state index contributed by atoms with van der Waals surface area (Å²) in [5.74, 6) is 0.253. The van der Waals surface area contributed by atoms with Crippen LogP contribution in [0.25, 0.3) is 28.3 Å². The van der Waals surface area contributed by atoms with Crippen LogP contribution >= 0.6 is 0 Å². The van der Waals surface area contributed by atoms with Gasteiger partial charge in [-0.1, -0.05) is 45.0 Å². The molecule has 0 saturated heterocycles. The monoisotopic (exact) mass is 508 g/mol. The summed E-state index contributed by atoms with van der Waals surface area (Å²) in [5.41, 5.74) is 7.68. The Hall–Kier alpha value is -4.10. The van der Waals surface area contributed by atoms with E-state index in [-0.39, 0.29) is 11.2 Å². The Morgan fingerprint density at radius 2 is 1.63 bits per heavy atom. The van der Waals surface area contributed by atoms with Gasteiger partial charge in [-0.25, -0.2) is 19.3 Å². The molecule has 5 rings (SSSR count). The molecule has 5 aromatic rings. The number of pyridine rings is 1. The Bertz CT molecular complexity index is 1550. The van der Waals surface area contributed by atoms with Gasteiger partial charge in [-0.2, -0.15) is 0 Å². The van der Waals surface area contributed by atoms with Crippen LogP contribution in [-0.4, -0.2) is 38.3 Å². The lowest BCUT2D eigenvalue weighted by molar-refractivity contribution is 0.402. The number of imidazole rings is 1. The van der Waals surface area contributed by atoms with Crippen LogP contribution in [0.4, 0.5) is 10.3 Å². The Kier molecular flexibility index (Phi) is 6.95. The summed E-state index contributed by atoms with van der Waals surface area (Å²) in [7, 11) is 4.08. The molecule has 2 aromatic carbocycles. The minimum Gasteiger partial charge on any atom is -0.350 e. The first-order valence-electron chi connectivity index (χ1n) is 12.8. The molecule has 38 heavy (non-hydrogen) atoms. The largest absolute Gasteiger partial charge is 0.350 e. The molecular formula is C31H33FN6. The number of nitrogens with zero attached hydrogens (tertiary/aromatic N) is 5. The molecule has 0 aliphatic carbocycles. The molecule has 0 atom stereocenters. The topological polar surface area (TPSA) is 58.4 Å². The number of rotatable bonds is 7. The summed E-state index contributed by atoms with van der Waals surface area (Å²) in [6.07, 6.45) is 3.77. The lowest BCUT2D eigenvalue weighted by Gasteiger charge is -2.19. The summed E-state index contributed by atoms with van der Waals surface area (Å²) in [5, 5.41) is 3.36. The molecule has 7 heteroatoms. The van der Waals surface area contributed by atoms with E-state index in [1.807, 2.05) is 30.8 Å². The highest BCUT2D eigenvalue weighted by molar-refractivity contribution is 5.80. The fourth-order valence-corrected chi connectivity index (χ4v) is 4.48. The molecule has 0 aliphatic heterocycles. The van der Waals surface area contributed by atoms with Gasteiger partial charge < -0.3 is 10.2 Å². The maximum atomic E-state index is 13.7. The molecule has 0 spiro atoms. The second kappa shape index (κ2) is 10.3. The first-order valence-corrected chi connectivity index (χ1v) is 12.8. The SMILES string of the molecule is CN(C)Cc1ccn2c(-c3ccnc(NCc4ccc(C(C)(C)C)cc4)n3)c(-c3ccc(F)cc3)nc2c1. The standard InChI is InChI=1S/C31H33FN6/c1-31(2,3)24-10-6-21(7-11-24)19-34-30-33-16-14-26(35-30)29-28(23-8-12-25(32)13-9-23)36-27-18-22(20-37(4)5)15-17-38(27)29/h6-18H,19-20H2,1-5H3,(H,33,34,35). The minimum atomic E-state index is -0.281. The quantitative estimate of drug-likeness (QED) is 0.270. The number of fused-ring (bicyclic) bond motifs is 1. The molecule has 3 aromatic heterocycles. The Balaban J connectivity index is 1.50. The van der Waals surface area contributed by atoms with E-state index in [0.29, 0.717) is 12.5 Å². The molecule has 1 N–H and O–H groups in total. The number of benzene rings is 2. The van der Waals surface area contributed by atoms with Gasteiger partial charge in [0, 0.05) is 31.0 Å². The Morgan fingerprint density at radius 1 is 0.895 bits per heavy atom. The van der Waals surface area contributed by atoms with E-state index in [9.17, 15) is 4.39 Å². The third kappa shape index (κ3) is 5.58. The zero-order valence-corrected chi connectivity index (χ0v) is 22.5. The summed E-state index contributed by atoms with van der Waals surface area (Å²) in [6, 6.07) is 21.1. The molecule has 0 bridgehead atoms. The fraction of sp³-hybridized carbons (Fsp3) is 0.258. The first-order chi connectivity index (χ1) is 18.2. The van der Waals surface area contributed by atoms with Crippen LogP contribution in [0.5, 0.6) is 0 Å². The van der Waals surface area contributed by atoms with Gasteiger partial charge in [0.15, 0.2) is 0 Å². The van der Waals surface area contributed by atoms with Gasteiger partial charge in [0.05, 0.1) is 17.1 Å². The Labute approximate surface area is 223 Å². The molecule has 0 aliphatic rings. The van der Waals surface area contributed by atoms with E-state index in [0.717, 1.165) is 46.0 Å². The highest BCUT2D eigenvalue weighted by Crippen LogP contribution is 2.32. The number of hydrogen-bond donors (Lipinski definition) is 1. The summed E-state index contributed by atoms with van der Waals surface area (Å²) in [6.45, 7) is 8.05. The number of anilines is 1. The van der Waals surface area contributed by atoms with Crippen molar-refractivity contribution >= 4 is 11.6 Å². The van der Waals surface area contributed by atoms with Crippen molar-refractivity contribution in [3.8, 4) is 22.6 Å². The highest BCUT2D eigenvalue weighted by Gasteiger charge is 2.19. The maximum Gasteiger partial charge on any atom is 0.223 e. The lowest BCUT2D eigenvalue weighted by atomic mass is 9.87. The van der Waals surface area contributed by atoms with Gasteiger partial charge in [-0.3, -0.25) is 4.40 Å². The number of hydrogen-bond acceptors (Lipinski definition) is 5. The maximum absolute atomic E-state index is 13.7. The van der Waals surface area contributed by atoms with Gasteiger partial charge in [-0.05, 0) is 78.7 Å². The van der Waals surface area contributed by atoms with E-state index < -0.39 is 0 Å². The minimum absolute atomic E-state index is 0.118. The van der Waals surface area contributed by atoms with Gasteiger partial charge >= 0.3 is 0 Å². The van der Waals surface area contributed by atoms with Gasteiger partial charge in [0.1, 0.15) is 11.5 Å². The zero-order chi connectivity index (χ0) is 26.9. The average Bonchev–Trinajstić information content (AvgIpc) is 3.26. The zero-order valence-electron chi connectivity index (χ0n) is 22.5. The summed E-state index contributed by atoms with van der Waals surface area (Å²) < 4.78 is 15.7. The van der Waals surface area contributed by atoms with E-state index in [4.69, 9.17) is 9.97 Å². The van der Waals surface area contributed by atoms with Crippen molar-refractivity contribution in [2.45, 2.75) is 39.3 Å². The highest BCUT2D eigenvalue weighted by atomic mass is 19.1. The van der Waals surface area contributed by atoms with Crippen LogP contribution < -0.4 is 5.32 Å². The molecule has 0 saturated carbocycles. The number of aromatic nitrogens is 4. The van der Waals surface area contributed by atoms with Crippen LogP contribution in [0.1, 0.15) is 37.5 Å². The van der Waals surface area contributed by atoms with Crippen LogP contribution in [0.2, 0.25) is 0 Å². The van der Waals surface area contributed by atoms with Crippen LogP contribution in [0.3, 0.4) is 0 Å². The number of nitrogens with one attached hydrogen (secondary N) is 1. The molecule has 0 fully saturated rings. The molecule has 0 unspecified atom stereocenters. The third-order valence-electron chi connectivity index (χ3n) is 6.48. The fourth-order valence-electron chi connectivity index (χ4n) is 4.48. The van der Waals surface area contributed by atoms with Crippen molar-refractivity contribution < 1.29 is 4.39 Å². The van der Waals surface area contributed by atoms with Gasteiger partial charge in [0.25, 0.3) is 0 Å². The van der Waals surface area contributed by atoms with Crippen molar-refractivity contribution in [2.24, 2.45) is 0 Å². The molecule has 3 heterocycles. The van der Waals surface area contributed by atoms with Gasteiger partial charge in [-0.15, -0.1) is 0 Å². The normalized spacial score (nSPS) is 11.9. The lowest BCUT2D eigenvalue weighted by Crippen LogP contribution is -2.11. The van der Waals surface area contributed by atoms with E-state index in [1.54, 1.807) is 18.3 Å². The number of halogens is 1. The second-order valence-electron chi connectivity index (χ2n) is 10.9. The van der Waals surface area contributed by atoms with Gasteiger partial charge in [0.2, 0.25) is 5.95 Å². The van der Waals surface area contributed by atoms with E-state index >= 15 is 0 Å². The van der Waals surface area contributed by atoms with Crippen LogP contribution in [0.15, 0.2) is 79.1 Å². The Morgan fingerprint density at radius 3 is 2.32 bits per heavy atom. The van der Waals surface area contributed by atoms with Crippen molar-refractivity contribution in [2.75, 3.05) is 19.4 Å². The van der Waals surface area contributed by atoms with Crippen molar-refractivity contribution in [3.63, 3.8) is 0 Å². The van der Waals surface area contributed by atoms with E-state index in [2.05, 4.69) is 72.4 Å². The van der Waals surface area contributed by atoms with Crippen molar-refractivity contribution in [1.29, 1.82) is 0 Å². The second-order valence-corrected chi connectivity index (χ2v) is 10.9. The average molecular weight is 509 g/mol. The van der Waals surface area contributed by atoms with Crippen LogP contribution in [0, 0.1) is 5.82 Å². The summed E-state index contributed by atoms with van der Waals surface area (Å²) >= 11 is 0. The van der Waals surface area contributed by atoms with Crippen molar-refractivity contribution in [1.82, 2.24) is 24.3 Å². The molecule has 0 radical (unpaired) electrons. The van der Waals surface area contributed by atoms with Crippen LogP contribution in [-0.2, 0) is 18.5 Å². The van der Waals surface area contributed by atoms with Crippen molar-refractivity contribution in [3.05, 3.63) is 102 Å². The first kappa shape index (κ1) is 25.5. The summed E-state index contributed by atoms with van der Waals surface area (Å²) in [4.78, 5) is 16.4. The molecule has 6 nitrogen and oxygen atoms in total. The molecule has 194 valence electrons. The molecular weight excluding hydrogens is 475 g/mol. The van der Waals surface area contributed by atoms with E-state index in [1.165, 1.54) is 17.7 Å². The third-order valence-corrected chi connectivity index (χ3v) is 6.48. The molecule has 0 amide bonds. The predicted octanol–water partition coefficient (Wildman–Crippen LogP) is 6.57.